The van der Waals surface area contributed by atoms with Crippen LogP contribution in [0.15, 0.2) is 18.3 Å². The lowest BCUT2D eigenvalue weighted by Crippen LogP contribution is -2.30. The van der Waals surface area contributed by atoms with Gasteiger partial charge in [-0.15, -0.1) is 0 Å². The van der Waals surface area contributed by atoms with Gasteiger partial charge in [0.2, 0.25) is 0 Å². The Labute approximate surface area is 111 Å². The minimum atomic E-state index is 0.748. The van der Waals surface area contributed by atoms with Gasteiger partial charge in [0.05, 0.1) is 11.9 Å². The van der Waals surface area contributed by atoms with Crippen LogP contribution in [0.1, 0.15) is 39.5 Å². The third-order valence-electron chi connectivity index (χ3n) is 3.48. The quantitative estimate of drug-likeness (QED) is 0.862. The van der Waals surface area contributed by atoms with Gasteiger partial charge < -0.3 is 10.2 Å². The fourth-order valence-electron chi connectivity index (χ4n) is 2.31. The van der Waals surface area contributed by atoms with Crippen LogP contribution >= 0.6 is 0 Å². The van der Waals surface area contributed by atoms with E-state index in [-0.39, 0.29) is 0 Å². The normalized spacial score (nSPS) is 16.1. The Bertz CT molecular complexity index is 339. The number of nitrogens with zero attached hydrogens (tertiary/aromatic N) is 2. The van der Waals surface area contributed by atoms with E-state index in [2.05, 4.69) is 41.2 Å². The number of anilines is 2. The minimum absolute atomic E-state index is 0.748. The zero-order chi connectivity index (χ0) is 12.8. The Kier molecular flexibility index (Phi) is 4.85. The van der Waals surface area contributed by atoms with Crippen LogP contribution < -0.4 is 10.2 Å². The van der Waals surface area contributed by atoms with E-state index >= 15 is 0 Å². The number of rotatable bonds is 5. The summed E-state index contributed by atoms with van der Waals surface area (Å²) in [5, 5.41) is 3.43. The molecule has 0 unspecified atom stereocenters. The zero-order valence-corrected chi connectivity index (χ0v) is 11.7. The summed E-state index contributed by atoms with van der Waals surface area (Å²) < 4.78 is 0. The van der Waals surface area contributed by atoms with Crippen molar-refractivity contribution >= 4 is 11.5 Å². The highest BCUT2D eigenvalue weighted by molar-refractivity contribution is 5.48. The Morgan fingerprint density at radius 1 is 1.22 bits per heavy atom. The molecule has 2 heterocycles. The fourth-order valence-corrected chi connectivity index (χ4v) is 2.31. The molecule has 1 N–H and O–H groups in total. The number of piperidine rings is 1. The SMILES string of the molecule is CC(C)CCNc1ccc(N2CCCCC2)nc1. The molecule has 2 rings (SSSR count). The highest BCUT2D eigenvalue weighted by Crippen LogP contribution is 2.18. The van der Waals surface area contributed by atoms with Crippen molar-refractivity contribution in [3.8, 4) is 0 Å². The molecule has 3 heteroatoms. The van der Waals surface area contributed by atoms with Gasteiger partial charge in [-0.2, -0.15) is 0 Å². The van der Waals surface area contributed by atoms with Crippen LogP contribution in [0.25, 0.3) is 0 Å². The van der Waals surface area contributed by atoms with Crippen LogP contribution in [0.2, 0.25) is 0 Å². The fraction of sp³-hybridized carbons (Fsp3) is 0.667. The van der Waals surface area contributed by atoms with Crippen molar-refractivity contribution in [1.29, 1.82) is 0 Å². The molecular formula is C15H25N3. The number of aromatic nitrogens is 1. The molecule has 0 saturated carbocycles. The van der Waals surface area contributed by atoms with Gasteiger partial charge in [-0.25, -0.2) is 4.98 Å². The lowest BCUT2D eigenvalue weighted by molar-refractivity contribution is 0.573. The number of pyridine rings is 1. The molecule has 0 radical (unpaired) electrons. The predicted molar refractivity (Wildman–Crippen MR) is 78.2 cm³/mol. The second-order valence-electron chi connectivity index (χ2n) is 5.56. The molecule has 1 saturated heterocycles. The Hall–Kier alpha value is -1.25. The summed E-state index contributed by atoms with van der Waals surface area (Å²) in [6.07, 6.45) is 7.13. The lowest BCUT2D eigenvalue weighted by Gasteiger charge is -2.27. The first-order valence-electron chi connectivity index (χ1n) is 7.20. The van der Waals surface area contributed by atoms with E-state index in [0.717, 1.165) is 37.1 Å². The first kappa shape index (κ1) is 13.2. The van der Waals surface area contributed by atoms with Gasteiger partial charge in [0.1, 0.15) is 5.82 Å². The summed E-state index contributed by atoms with van der Waals surface area (Å²) in [4.78, 5) is 6.95. The van der Waals surface area contributed by atoms with Crippen molar-refractivity contribution in [1.82, 2.24) is 4.98 Å². The first-order chi connectivity index (χ1) is 8.75. The molecule has 0 bridgehead atoms. The second kappa shape index (κ2) is 6.62. The number of hydrogen-bond acceptors (Lipinski definition) is 3. The highest BCUT2D eigenvalue weighted by atomic mass is 15.2. The molecule has 1 aromatic heterocycles. The van der Waals surface area contributed by atoms with E-state index in [1.54, 1.807) is 0 Å². The van der Waals surface area contributed by atoms with Crippen LogP contribution in [0.5, 0.6) is 0 Å². The van der Waals surface area contributed by atoms with Crippen molar-refractivity contribution in [2.45, 2.75) is 39.5 Å². The van der Waals surface area contributed by atoms with Crippen molar-refractivity contribution < 1.29 is 0 Å². The van der Waals surface area contributed by atoms with Gasteiger partial charge in [0.15, 0.2) is 0 Å². The summed E-state index contributed by atoms with van der Waals surface area (Å²) in [6.45, 7) is 7.85. The Morgan fingerprint density at radius 3 is 2.61 bits per heavy atom. The molecule has 1 aliphatic heterocycles. The van der Waals surface area contributed by atoms with Gasteiger partial charge in [-0.05, 0) is 43.7 Å². The molecule has 1 aromatic rings. The Balaban J connectivity index is 1.84. The van der Waals surface area contributed by atoms with Crippen LogP contribution in [0, 0.1) is 5.92 Å². The van der Waals surface area contributed by atoms with Crippen LogP contribution in [-0.2, 0) is 0 Å². The van der Waals surface area contributed by atoms with Gasteiger partial charge in [0.25, 0.3) is 0 Å². The first-order valence-corrected chi connectivity index (χ1v) is 7.20. The monoisotopic (exact) mass is 247 g/mol. The number of nitrogens with one attached hydrogen (secondary N) is 1. The lowest BCUT2D eigenvalue weighted by atomic mass is 10.1. The topological polar surface area (TPSA) is 28.2 Å². The molecule has 3 nitrogen and oxygen atoms in total. The van der Waals surface area contributed by atoms with E-state index in [4.69, 9.17) is 0 Å². The van der Waals surface area contributed by atoms with Crippen LogP contribution in [-0.4, -0.2) is 24.6 Å². The predicted octanol–water partition coefficient (Wildman–Crippen LogP) is 3.53. The maximum atomic E-state index is 4.56. The summed E-state index contributed by atoms with van der Waals surface area (Å²) >= 11 is 0. The Morgan fingerprint density at radius 2 is 2.00 bits per heavy atom. The van der Waals surface area contributed by atoms with Crippen molar-refractivity contribution in [2.75, 3.05) is 29.9 Å². The molecule has 18 heavy (non-hydrogen) atoms. The number of hydrogen-bond donors (Lipinski definition) is 1. The third-order valence-corrected chi connectivity index (χ3v) is 3.48. The molecule has 0 aromatic carbocycles. The van der Waals surface area contributed by atoms with Gasteiger partial charge in [0, 0.05) is 19.6 Å². The molecule has 0 aliphatic carbocycles. The maximum Gasteiger partial charge on any atom is 0.128 e. The summed E-state index contributed by atoms with van der Waals surface area (Å²) in [7, 11) is 0. The average Bonchev–Trinajstić information content (AvgIpc) is 2.40. The maximum absolute atomic E-state index is 4.56. The molecule has 1 aliphatic rings. The summed E-state index contributed by atoms with van der Waals surface area (Å²) in [5.41, 5.74) is 1.14. The highest BCUT2D eigenvalue weighted by Gasteiger charge is 2.11. The van der Waals surface area contributed by atoms with E-state index < -0.39 is 0 Å². The van der Waals surface area contributed by atoms with Crippen molar-refractivity contribution in [3.05, 3.63) is 18.3 Å². The smallest absolute Gasteiger partial charge is 0.128 e. The van der Waals surface area contributed by atoms with Crippen molar-refractivity contribution in [2.24, 2.45) is 5.92 Å². The zero-order valence-electron chi connectivity index (χ0n) is 11.7. The van der Waals surface area contributed by atoms with Gasteiger partial charge >= 0.3 is 0 Å². The standard InChI is InChI=1S/C15H25N3/c1-13(2)8-9-16-14-6-7-15(17-12-14)18-10-4-3-5-11-18/h6-7,12-13,16H,3-5,8-11H2,1-2H3. The van der Waals surface area contributed by atoms with E-state index in [0.29, 0.717) is 0 Å². The summed E-state index contributed by atoms with van der Waals surface area (Å²) in [5.74, 6) is 1.88. The van der Waals surface area contributed by atoms with Crippen molar-refractivity contribution in [3.63, 3.8) is 0 Å². The molecule has 0 amide bonds. The molecular weight excluding hydrogens is 222 g/mol. The van der Waals surface area contributed by atoms with Gasteiger partial charge in [-0.1, -0.05) is 13.8 Å². The average molecular weight is 247 g/mol. The largest absolute Gasteiger partial charge is 0.384 e. The van der Waals surface area contributed by atoms with E-state index in [1.807, 2.05) is 6.20 Å². The summed E-state index contributed by atoms with van der Waals surface area (Å²) in [6, 6.07) is 4.29. The third kappa shape index (κ3) is 3.90. The van der Waals surface area contributed by atoms with E-state index in [9.17, 15) is 0 Å². The second-order valence-corrected chi connectivity index (χ2v) is 5.56. The van der Waals surface area contributed by atoms with Crippen LogP contribution in [0.4, 0.5) is 11.5 Å². The van der Waals surface area contributed by atoms with Gasteiger partial charge in [-0.3, -0.25) is 0 Å². The molecule has 100 valence electrons. The molecule has 1 fully saturated rings. The molecule has 0 atom stereocenters. The minimum Gasteiger partial charge on any atom is -0.384 e. The van der Waals surface area contributed by atoms with Crippen LogP contribution in [0.3, 0.4) is 0 Å². The van der Waals surface area contributed by atoms with E-state index in [1.165, 1.54) is 25.7 Å². The molecule has 0 spiro atoms.